The Morgan fingerprint density at radius 1 is 0.517 bits per heavy atom. The molecule has 0 atom stereocenters. The number of benzene rings is 4. The van der Waals surface area contributed by atoms with E-state index in [1.54, 1.807) is 11.1 Å². The summed E-state index contributed by atoms with van der Waals surface area (Å²) in [5.74, 6) is 0. The normalized spacial score (nSPS) is 14.2. The fraction of sp³-hybridized carbons (Fsp3) is 0.241. The van der Waals surface area contributed by atoms with Crippen LogP contribution < -0.4 is 0 Å². The summed E-state index contributed by atoms with van der Waals surface area (Å²) in [6.07, 6.45) is 7.64. The number of fused-ring (bicyclic) bond motifs is 2. The first-order chi connectivity index (χ1) is 14.3. The highest BCUT2D eigenvalue weighted by Gasteiger charge is 2.22. The lowest BCUT2D eigenvalue weighted by atomic mass is 9.78. The Balaban J connectivity index is 1.94. The van der Waals surface area contributed by atoms with Gasteiger partial charge in [-0.25, -0.2) is 0 Å². The summed E-state index contributed by atoms with van der Waals surface area (Å²) >= 11 is 0. The fourth-order valence-corrected chi connectivity index (χ4v) is 5.15. The van der Waals surface area contributed by atoms with Gasteiger partial charge in [-0.15, -0.1) is 0 Å². The summed E-state index contributed by atoms with van der Waals surface area (Å²) in [7, 11) is 0. The van der Waals surface area contributed by atoms with Crippen LogP contribution in [0.4, 0.5) is 0 Å². The molecule has 0 fully saturated rings. The Labute approximate surface area is 174 Å². The van der Waals surface area contributed by atoms with Gasteiger partial charge in [-0.2, -0.15) is 0 Å². The number of hydrogen-bond donors (Lipinski definition) is 0. The fourth-order valence-electron chi connectivity index (χ4n) is 5.15. The van der Waals surface area contributed by atoms with Crippen LogP contribution in [0, 0.1) is 6.92 Å². The second kappa shape index (κ2) is 7.87. The van der Waals surface area contributed by atoms with Gasteiger partial charge in [-0.3, -0.25) is 0 Å². The van der Waals surface area contributed by atoms with E-state index in [1.807, 2.05) is 0 Å². The molecule has 0 nitrogen and oxygen atoms in total. The molecule has 0 spiro atoms. The lowest BCUT2D eigenvalue weighted by Crippen LogP contribution is -2.06. The van der Waals surface area contributed by atoms with Crippen molar-refractivity contribution in [1.29, 1.82) is 0 Å². The molecule has 29 heavy (non-hydrogen) atoms. The van der Waals surface area contributed by atoms with Crippen LogP contribution in [0.3, 0.4) is 0 Å². The third-order valence-corrected chi connectivity index (χ3v) is 6.51. The highest BCUT2D eigenvalue weighted by Crippen LogP contribution is 2.44. The van der Waals surface area contributed by atoms with E-state index in [1.165, 1.54) is 77.1 Å². The zero-order valence-corrected chi connectivity index (χ0v) is 17.2. The van der Waals surface area contributed by atoms with E-state index in [0.29, 0.717) is 0 Å². The summed E-state index contributed by atoms with van der Waals surface area (Å²) in [6, 6.07) is 29.0. The summed E-state index contributed by atoms with van der Waals surface area (Å²) in [5.41, 5.74) is 10.3. The molecule has 0 heteroatoms. The zero-order valence-electron chi connectivity index (χ0n) is 17.2. The molecular formula is C29H28. The topological polar surface area (TPSA) is 0 Å². The van der Waals surface area contributed by atoms with Gasteiger partial charge in [0.1, 0.15) is 0 Å². The maximum absolute atomic E-state index is 2.34. The summed E-state index contributed by atoms with van der Waals surface area (Å²) in [6.45, 7) is 2.25. The number of aryl methyl sites for hydroxylation is 1. The molecule has 0 saturated heterocycles. The van der Waals surface area contributed by atoms with Crippen LogP contribution in [0.1, 0.15) is 42.4 Å². The average molecular weight is 377 g/mol. The van der Waals surface area contributed by atoms with Crippen molar-refractivity contribution in [3.05, 3.63) is 95.6 Å². The molecule has 0 N–H and O–H groups in total. The Hall–Kier alpha value is -2.86. The van der Waals surface area contributed by atoms with Gasteiger partial charge in [0.25, 0.3) is 0 Å². The first-order valence-corrected chi connectivity index (χ1v) is 11.0. The molecule has 0 heterocycles. The lowest BCUT2D eigenvalue weighted by Gasteiger charge is -2.25. The molecule has 0 aromatic heterocycles. The minimum absolute atomic E-state index is 1.18. The van der Waals surface area contributed by atoms with E-state index in [0.717, 1.165) is 0 Å². The minimum Gasteiger partial charge on any atom is -0.0622 e. The molecule has 1 aliphatic carbocycles. The third-order valence-electron chi connectivity index (χ3n) is 6.51. The lowest BCUT2D eigenvalue weighted by molar-refractivity contribution is 0.618. The minimum atomic E-state index is 1.18. The van der Waals surface area contributed by atoms with E-state index in [2.05, 4.69) is 85.8 Å². The molecule has 144 valence electrons. The van der Waals surface area contributed by atoms with Crippen molar-refractivity contribution in [3.63, 3.8) is 0 Å². The van der Waals surface area contributed by atoms with Crippen molar-refractivity contribution in [3.8, 4) is 22.3 Å². The number of rotatable bonds is 2. The average Bonchev–Trinajstić information content (AvgIpc) is 2.74. The summed E-state index contributed by atoms with van der Waals surface area (Å²) < 4.78 is 0. The molecule has 4 aromatic carbocycles. The van der Waals surface area contributed by atoms with Gasteiger partial charge in [0.15, 0.2) is 0 Å². The van der Waals surface area contributed by atoms with Gasteiger partial charge in [0.2, 0.25) is 0 Å². The van der Waals surface area contributed by atoms with Crippen LogP contribution in [0.15, 0.2) is 78.9 Å². The Morgan fingerprint density at radius 2 is 1.07 bits per heavy atom. The molecule has 5 rings (SSSR count). The van der Waals surface area contributed by atoms with Gasteiger partial charge >= 0.3 is 0 Å². The first-order valence-electron chi connectivity index (χ1n) is 11.0. The van der Waals surface area contributed by atoms with Crippen molar-refractivity contribution in [2.24, 2.45) is 0 Å². The van der Waals surface area contributed by atoms with E-state index >= 15 is 0 Å². The Kier molecular flexibility index (Phi) is 4.94. The summed E-state index contributed by atoms with van der Waals surface area (Å²) in [4.78, 5) is 0. The largest absolute Gasteiger partial charge is 0.0622 e. The van der Waals surface area contributed by atoms with Crippen LogP contribution in [0.5, 0.6) is 0 Å². The van der Waals surface area contributed by atoms with Crippen LogP contribution in [-0.2, 0) is 12.8 Å². The predicted molar refractivity (Wildman–Crippen MR) is 125 cm³/mol. The quantitative estimate of drug-likeness (QED) is 0.331. The second-order valence-corrected chi connectivity index (χ2v) is 8.35. The standard InChI is InChI=1S/C29H28/c1-21-13-9-10-16-23(21)29-26-18-8-3-2-7-17-24(26)28(22-14-5-4-6-15-22)25-19-11-12-20-27(25)29/h4-6,9-16,19-20H,2-3,7-8,17-18H2,1H3. The Morgan fingerprint density at radius 3 is 1.76 bits per heavy atom. The molecule has 4 aromatic rings. The van der Waals surface area contributed by atoms with Crippen molar-refractivity contribution in [2.45, 2.75) is 45.4 Å². The molecule has 0 saturated carbocycles. The van der Waals surface area contributed by atoms with E-state index < -0.39 is 0 Å². The monoisotopic (exact) mass is 376 g/mol. The molecule has 0 aliphatic heterocycles. The van der Waals surface area contributed by atoms with Gasteiger partial charge in [0.05, 0.1) is 0 Å². The highest BCUT2D eigenvalue weighted by atomic mass is 14.3. The number of hydrogen-bond acceptors (Lipinski definition) is 0. The SMILES string of the molecule is Cc1ccccc1-c1c2c(c(-c3ccccc3)c3ccccc13)CCCCCC2. The zero-order chi connectivity index (χ0) is 19.6. The third kappa shape index (κ3) is 3.27. The van der Waals surface area contributed by atoms with Crippen molar-refractivity contribution in [1.82, 2.24) is 0 Å². The first kappa shape index (κ1) is 18.2. The molecular weight excluding hydrogens is 348 g/mol. The van der Waals surface area contributed by atoms with Gasteiger partial charge in [0, 0.05) is 0 Å². The highest BCUT2D eigenvalue weighted by molar-refractivity contribution is 6.08. The van der Waals surface area contributed by atoms with Crippen molar-refractivity contribution in [2.75, 3.05) is 0 Å². The molecule has 0 amide bonds. The van der Waals surface area contributed by atoms with Crippen LogP contribution in [0.25, 0.3) is 33.0 Å². The smallest absolute Gasteiger partial charge is 0.00675 e. The summed E-state index contributed by atoms with van der Waals surface area (Å²) in [5, 5.41) is 2.80. The van der Waals surface area contributed by atoms with Crippen LogP contribution >= 0.6 is 0 Å². The Bertz CT molecular complexity index is 1150. The molecule has 0 unspecified atom stereocenters. The molecule has 0 radical (unpaired) electrons. The van der Waals surface area contributed by atoms with Crippen LogP contribution in [-0.4, -0.2) is 0 Å². The van der Waals surface area contributed by atoms with E-state index in [4.69, 9.17) is 0 Å². The van der Waals surface area contributed by atoms with Crippen molar-refractivity contribution >= 4 is 10.8 Å². The molecule has 0 bridgehead atoms. The van der Waals surface area contributed by atoms with Gasteiger partial charge in [-0.1, -0.05) is 91.7 Å². The maximum Gasteiger partial charge on any atom is -0.00675 e. The second-order valence-electron chi connectivity index (χ2n) is 8.35. The van der Waals surface area contributed by atoms with E-state index in [9.17, 15) is 0 Å². The molecule has 1 aliphatic rings. The van der Waals surface area contributed by atoms with Gasteiger partial charge < -0.3 is 0 Å². The maximum atomic E-state index is 2.34. The van der Waals surface area contributed by atoms with E-state index in [-0.39, 0.29) is 0 Å². The van der Waals surface area contributed by atoms with Gasteiger partial charge in [-0.05, 0) is 82.3 Å². The predicted octanol–water partition coefficient (Wildman–Crippen LogP) is 8.14. The van der Waals surface area contributed by atoms with Crippen LogP contribution in [0.2, 0.25) is 0 Å². The van der Waals surface area contributed by atoms with Crippen molar-refractivity contribution < 1.29 is 0 Å².